The summed E-state index contributed by atoms with van der Waals surface area (Å²) in [6.07, 6.45) is 0.999. The molecule has 4 heteroatoms. The quantitative estimate of drug-likeness (QED) is 0.795. The number of Topliss-reactive ketones (excluding diaryl/α,β-unsaturated/α-hetero) is 1. The van der Waals surface area contributed by atoms with Crippen molar-refractivity contribution in [2.75, 3.05) is 0 Å². The highest BCUT2D eigenvalue weighted by Crippen LogP contribution is 2.18. The molecule has 1 aromatic carbocycles. The standard InChI is InChI=1S/C12H13FN2O/c1-8(16)6-7-11-14-12-9(13)4-3-5-10(12)15(11)2/h3-5H,6-7H2,1-2H3. The molecular weight excluding hydrogens is 207 g/mol. The lowest BCUT2D eigenvalue weighted by Gasteiger charge is -1.99. The number of imidazole rings is 1. The van der Waals surface area contributed by atoms with Gasteiger partial charge in [-0.15, -0.1) is 0 Å². The Bertz CT molecular complexity index is 545. The van der Waals surface area contributed by atoms with Gasteiger partial charge in [0, 0.05) is 19.9 Å². The fraction of sp³-hybridized carbons (Fsp3) is 0.333. The van der Waals surface area contributed by atoms with E-state index in [4.69, 9.17) is 0 Å². The van der Waals surface area contributed by atoms with Gasteiger partial charge in [-0.25, -0.2) is 9.37 Å². The molecule has 0 atom stereocenters. The second kappa shape index (κ2) is 4.04. The molecule has 0 N–H and O–H groups in total. The summed E-state index contributed by atoms with van der Waals surface area (Å²) in [5, 5.41) is 0. The highest BCUT2D eigenvalue weighted by molar-refractivity contribution is 5.77. The zero-order valence-electron chi connectivity index (χ0n) is 9.33. The Morgan fingerprint density at radius 1 is 1.50 bits per heavy atom. The van der Waals surface area contributed by atoms with E-state index >= 15 is 0 Å². The average Bonchev–Trinajstić information content (AvgIpc) is 2.55. The number of aromatic nitrogens is 2. The van der Waals surface area contributed by atoms with E-state index in [0.29, 0.717) is 18.4 Å². The van der Waals surface area contributed by atoms with Gasteiger partial charge in [0.15, 0.2) is 5.82 Å². The molecule has 3 nitrogen and oxygen atoms in total. The van der Waals surface area contributed by atoms with E-state index in [1.54, 1.807) is 13.0 Å². The van der Waals surface area contributed by atoms with Crippen molar-refractivity contribution >= 4 is 16.8 Å². The SMILES string of the molecule is CC(=O)CCc1nc2c(F)cccc2n1C. The summed E-state index contributed by atoms with van der Waals surface area (Å²) in [6.45, 7) is 1.54. The van der Waals surface area contributed by atoms with Gasteiger partial charge in [0.1, 0.15) is 17.1 Å². The zero-order chi connectivity index (χ0) is 11.7. The van der Waals surface area contributed by atoms with Crippen LogP contribution in [-0.2, 0) is 18.3 Å². The third-order valence-electron chi connectivity index (χ3n) is 2.66. The van der Waals surface area contributed by atoms with Gasteiger partial charge in [0.2, 0.25) is 0 Å². The number of carbonyl (C=O) groups is 1. The van der Waals surface area contributed by atoms with Gasteiger partial charge in [-0.3, -0.25) is 0 Å². The highest BCUT2D eigenvalue weighted by atomic mass is 19.1. The molecule has 0 fully saturated rings. The number of carbonyl (C=O) groups excluding carboxylic acids is 1. The number of fused-ring (bicyclic) bond motifs is 1. The Morgan fingerprint density at radius 2 is 2.25 bits per heavy atom. The number of benzene rings is 1. The smallest absolute Gasteiger partial charge is 0.151 e. The number of aryl methyl sites for hydroxylation is 2. The van der Waals surface area contributed by atoms with Crippen molar-refractivity contribution in [3.63, 3.8) is 0 Å². The molecule has 16 heavy (non-hydrogen) atoms. The number of rotatable bonds is 3. The lowest BCUT2D eigenvalue weighted by molar-refractivity contribution is -0.117. The second-order valence-corrected chi connectivity index (χ2v) is 3.90. The zero-order valence-corrected chi connectivity index (χ0v) is 9.33. The van der Waals surface area contributed by atoms with Crippen LogP contribution in [0.3, 0.4) is 0 Å². The van der Waals surface area contributed by atoms with Crippen LogP contribution in [-0.4, -0.2) is 15.3 Å². The lowest BCUT2D eigenvalue weighted by Crippen LogP contribution is -2.01. The van der Waals surface area contributed by atoms with Crippen molar-refractivity contribution in [1.82, 2.24) is 9.55 Å². The van der Waals surface area contributed by atoms with Gasteiger partial charge in [-0.05, 0) is 19.1 Å². The Labute approximate surface area is 92.9 Å². The fourth-order valence-corrected chi connectivity index (χ4v) is 1.74. The maximum Gasteiger partial charge on any atom is 0.151 e. The van der Waals surface area contributed by atoms with Crippen molar-refractivity contribution < 1.29 is 9.18 Å². The third kappa shape index (κ3) is 1.83. The normalized spacial score (nSPS) is 10.9. The number of ketones is 1. The molecule has 0 amide bonds. The molecule has 0 bridgehead atoms. The molecule has 0 aliphatic heterocycles. The highest BCUT2D eigenvalue weighted by Gasteiger charge is 2.11. The number of para-hydroxylation sites is 1. The summed E-state index contributed by atoms with van der Waals surface area (Å²) >= 11 is 0. The van der Waals surface area contributed by atoms with Crippen LogP contribution >= 0.6 is 0 Å². The Kier molecular flexibility index (Phi) is 2.73. The molecule has 1 aromatic heterocycles. The maximum atomic E-state index is 13.4. The van der Waals surface area contributed by atoms with Crippen molar-refractivity contribution in [2.45, 2.75) is 19.8 Å². The average molecular weight is 220 g/mol. The molecule has 2 aromatic rings. The molecule has 0 spiro atoms. The van der Waals surface area contributed by atoms with Gasteiger partial charge in [-0.1, -0.05) is 6.07 Å². The summed E-state index contributed by atoms with van der Waals surface area (Å²) < 4.78 is 15.3. The molecule has 0 aliphatic carbocycles. The van der Waals surface area contributed by atoms with E-state index in [2.05, 4.69) is 4.98 Å². The van der Waals surface area contributed by atoms with Crippen LogP contribution in [0.15, 0.2) is 18.2 Å². The van der Waals surface area contributed by atoms with Gasteiger partial charge in [-0.2, -0.15) is 0 Å². The minimum atomic E-state index is -0.317. The van der Waals surface area contributed by atoms with Crippen molar-refractivity contribution in [3.8, 4) is 0 Å². The van der Waals surface area contributed by atoms with E-state index in [0.717, 1.165) is 11.3 Å². The Hall–Kier alpha value is -1.71. The van der Waals surface area contributed by atoms with Crippen LogP contribution in [0, 0.1) is 5.82 Å². The van der Waals surface area contributed by atoms with Gasteiger partial charge in [0.25, 0.3) is 0 Å². The predicted molar refractivity (Wildman–Crippen MR) is 59.7 cm³/mol. The number of hydrogen-bond donors (Lipinski definition) is 0. The number of nitrogens with zero attached hydrogens (tertiary/aromatic N) is 2. The minimum absolute atomic E-state index is 0.118. The summed E-state index contributed by atoms with van der Waals surface area (Å²) in [5.74, 6) is 0.546. The first-order valence-electron chi connectivity index (χ1n) is 5.19. The minimum Gasteiger partial charge on any atom is -0.331 e. The van der Waals surface area contributed by atoms with E-state index in [-0.39, 0.29) is 11.6 Å². The molecule has 0 saturated carbocycles. The molecule has 1 heterocycles. The van der Waals surface area contributed by atoms with Gasteiger partial charge >= 0.3 is 0 Å². The lowest BCUT2D eigenvalue weighted by atomic mass is 10.2. The van der Waals surface area contributed by atoms with Crippen LogP contribution < -0.4 is 0 Å². The first-order valence-corrected chi connectivity index (χ1v) is 5.19. The van der Waals surface area contributed by atoms with Gasteiger partial charge in [0.05, 0.1) is 5.52 Å². The summed E-state index contributed by atoms with van der Waals surface area (Å²) in [7, 11) is 1.84. The summed E-state index contributed by atoms with van der Waals surface area (Å²) in [4.78, 5) is 15.1. The topological polar surface area (TPSA) is 34.9 Å². The summed E-state index contributed by atoms with van der Waals surface area (Å²) in [5.41, 5.74) is 1.14. The third-order valence-corrected chi connectivity index (χ3v) is 2.66. The van der Waals surface area contributed by atoms with Crippen molar-refractivity contribution in [2.24, 2.45) is 7.05 Å². The predicted octanol–water partition coefficient (Wildman–Crippen LogP) is 2.23. The molecular formula is C12H13FN2O. The maximum absolute atomic E-state index is 13.4. The van der Waals surface area contributed by atoms with Crippen molar-refractivity contribution in [3.05, 3.63) is 29.8 Å². The molecule has 2 rings (SSSR count). The van der Waals surface area contributed by atoms with E-state index in [1.807, 2.05) is 17.7 Å². The van der Waals surface area contributed by atoms with E-state index < -0.39 is 0 Å². The van der Waals surface area contributed by atoms with Crippen LogP contribution in [0.4, 0.5) is 4.39 Å². The monoisotopic (exact) mass is 220 g/mol. The molecule has 0 aliphatic rings. The first kappa shape index (κ1) is 10.8. The molecule has 0 unspecified atom stereocenters. The van der Waals surface area contributed by atoms with Crippen LogP contribution in [0.25, 0.3) is 11.0 Å². The van der Waals surface area contributed by atoms with E-state index in [9.17, 15) is 9.18 Å². The Balaban J connectivity index is 2.44. The largest absolute Gasteiger partial charge is 0.331 e. The molecule has 0 radical (unpaired) electrons. The van der Waals surface area contributed by atoms with Crippen LogP contribution in [0.5, 0.6) is 0 Å². The molecule has 84 valence electrons. The molecule has 0 saturated heterocycles. The van der Waals surface area contributed by atoms with Crippen LogP contribution in [0.2, 0.25) is 0 Å². The number of halogens is 1. The van der Waals surface area contributed by atoms with E-state index in [1.165, 1.54) is 6.07 Å². The number of hydrogen-bond acceptors (Lipinski definition) is 2. The van der Waals surface area contributed by atoms with Gasteiger partial charge < -0.3 is 9.36 Å². The first-order chi connectivity index (χ1) is 7.59. The second-order valence-electron chi connectivity index (χ2n) is 3.90. The fourth-order valence-electron chi connectivity index (χ4n) is 1.74. The van der Waals surface area contributed by atoms with Crippen LogP contribution in [0.1, 0.15) is 19.2 Å². The summed E-state index contributed by atoms with van der Waals surface area (Å²) in [6, 6.07) is 4.88. The van der Waals surface area contributed by atoms with Crippen molar-refractivity contribution in [1.29, 1.82) is 0 Å². The Morgan fingerprint density at radius 3 is 2.88 bits per heavy atom.